The van der Waals surface area contributed by atoms with Crippen LogP contribution in [-0.4, -0.2) is 37.7 Å². The molecule has 2 aliphatic rings. The Labute approximate surface area is 135 Å². The lowest BCUT2D eigenvalue weighted by Gasteiger charge is -2.40. The SMILES string of the molecule is CC(C)(C)C1OCCCC1CNC(=O)CC1CCCN1.Cl. The van der Waals surface area contributed by atoms with Crippen molar-refractivity contribution in [3.8, 4) is 0 Å². The van der Waals surface area contributed by atoms with E-state index in [1.807, 2.05) is 0 Å². The van der Waals surface area contributed by atoms with Gasteiger partial charge in [0.1, 0.15) is 0 Å². The molecule has 3 atom stereocenters. The van der Waals surface area contributed by atoms with Crippen LogP contribution in [0.15, 0.2) is 0 Å². The van der Waals surface area contributed by atoms with E-state index in [2.05, 4.69) is 31.4 Å². The van der Waals surface area contributed by atoms with Crippen LogP contribution < -0.4 is 10.6 Å². The van der Waals surface area contributed by atoms with Crippen LogP contribution in [0.1, 0.15) is 52.9 Å². The van der Waals surface area contributed by atoms with E-state index >= 15 is 0 Å². The number of halogens is 1. The zero-order chi connectivity index (χ0) is 14.6. The van der Waals surface area contributed by atoms with Crippen molar-refractivity contribution in [1.82, 2.24) is 10.6 Å². The summed E-state index contributed by atoms with van der Waals surface area (Å²) in [7, 11) is 0. The van der Waals surface area contributed by atoms with Crippen LogP contribution in [0.2, 0.25) is 0 Å². The van der Waals surface area contributed by atoms with Crippen molar-refractivity contribution < 1.29 is 9.53 Å². The van der Waals surface area contributed by atoms with Gasteiger partial charge in [-0.25, -0.2) is 0 Å². The molecule has 1 amide bonds. The van der Waals surface area contributed by atoms with Gasteiger partial charge in [0, 0.05) is 31.5 Å². The van der Waals surface area contributed by atoms with E-state index in [0.717, 1.165) is 39.0 Å². The fourth-order valence-electron chi connectivity index (χ4n) is 3.48. The van der Waals surface area contributed by atoms with E-state index in [-0.39, 0.29) is 29.8 Å². The summed E-state index contributed by atoms with van der Waals surface area (Å²) in [5.74, 6) is 0.631. The van der Waals surface area contributed by atoms with Crippen LogP contribution in [0, 0.1) is 11.3 Å². The smallest absolute Gasteiger partial charge is 0.221 e. The van der Waals surface area contributed by atoms with Gasteiger partial charge < -0.3 is 15.4 Å². The molecule has 0 spiro atoms. The number of nitrogens with one attached hydrogen (secondary N) is 2. The molecule has 5 heteroatoms. The molecule has 0 saturated carbocycles. The summed E-state index contributed by atoms with van der Waals surface area (Å²) in [6, 6.07) is 0.385. The van der Waals surface area contributed by atoms with Gasteiger partial charge in [0.15, 0.2) is 0 Å². The second kappa shape index (κ2) is 8.35. The Kier molecular flexibility index (Phi) is 7.45. The third-order valence-electron chi connectivity index (χ3n) is 4.45. The van der Waals surface area contributed by atoms with E-state index in [4.69, 9.17) is 4.74 Å². The minimum absolute atomic E-state index is 0. The van der Waals surface area contributed by atoms with Crippen LogP contribution in [-0.2, 0) is 9.53 Å². The second-order valence-electron chi connectivity index (χ2n) is 7.36. The molecule has 0 aromatic rings. The van der Waals surface area contributed by atoms with E-state index in [1.165, 1.54) is 6.42 Å². The Bertz CT molecular complexity index is 325. The zero-order valence-electron chi connectivity index (χ0n) is 13.6. The molecule has 2 N–H and O–H groups in total. The number of rotatable bonds is 4. The number of hydrogen-bond acceptors (Lipinski definition) is 3. The maximum absolute atomic E-state index is 12.0. The molecular weight excluding hydrogens is 288 g/mol. The maximum atomic E-state index is 12.0. The predicted molar refractivity (Wildman–Crippen MR) is 87.8 cm³/mol. The molecule has 2 heterocycles. The first-order chi connectivity index (χ1) is 9.47. The molecule has 0 aromatic carbocycles. The van der Waals surface area contributed by atoms with Crippen LogP contribution in [0.25, 0.3) is 0 Å². The summed E-state index contributed by atoms with van der Waals surface area (Å²) in [6.45, 7) is 9.34. The highest BCUT2D eigenvalue weighted by Gasteiger charge is 2.35. The van der Waals surface area contributed by atoms with E-state index < -0.39 is 0 Å². The number of hydrogen-bond donors (Lipinski definition) is 2. The van der Waals surface area contributed by atoms with Gasteiger partial charge in [0.25, 0.3) is 0 Å². The van der Waals surface area contributed by atoms with Gasteiger partial charge in [-0.2, -0.15) is 0 Å². The summed E-state index contributed by atoms with van der Waals surface area (Å²) < 4.78 is 5.96. The van der Waals surface area contributed by atoms with Crippen molar-refractivity contribution in [2.24, 2.45) is 11.3 Å². The molecule has 0 aliphatic carbocycles. The fourth-order valence-corrected chi connectivity index (χ4v) is 3.48. The van der Waals surface area contributed by atoms with Crippen molar-refractivity contribution in [3.05, 3.63) is 0 Å². The van der Waals surface area contributed by atoms with Crippen LogP contribution in [0.3, 0.4) is 0 Å². The molecule has 0 radical (unpaired) electrons. The Hall–Kier alpha value is -0.320. The van der Waals surface area contributed by atoms with Crippen molar-refractivity contribution in [2.75, 3.05) is 19.7 Å². The van der Waals surface area contributed by atoms with E-state index in [0.29, 0.717) is 18.4 Å². The highest BCUT2D eigenvalue weighted by molar-refractivity contribution is 5.85. The lowest BCUT2D eigenvalue weighted by molar-refractivity contribution is -0.123. The number of carbonyl (C=O) groups excluding carboxylic acids is 1. The normalized spacial score (nSPS) is 29.8. The van der Waals surface area contributed by atoms with Gasteiger partial charge >= 0.3 is 0 Å². The summed E-state index contributed by atoms with van der Waals surface area (Å²) in [5.41, 5.74) is 0.142. The Morgan fingerprint density at radius 3 is 2.67 bits per heavy atom. The average molecular weight is 319 g/mol. The molecule has 2 fully saturated rings. The van der Waals surface area contributed by atoms with E-state index in [1.54, 1.807) is 0 Å². The molecule has 21 heavy (non-hydrogen) atoms. The van der Waals surface area contributed by atoms with Gasteiger partial charge in [-0.15, -0.1) is 12.4 Å². The maximum Gasteiger partial charge on any atom is 0.221 e. The minimum atomic E-state index is 0. The number of ether oxygens (including phenoxy) is 1. The molecule has 2 rings (SSSR count). The van der Waals surface area contributed by atoms with E-state index in [9.17, 15) is 4.79 Å². The Balaban J connectivity index is 0.00000220. The molecule has 2 aliphatic heterocycles. The zero-order valence-corrected chi connectivity index (χ0v) is 14.4. The highest BCUT2D eigenvalue weighted by atomic mass is 35.5. The van der Waals surface area contributed by atoms with Gasteiger partial charge in [-0.1, -0.05) is 20.8 Å². The monoisotopic (exact) mass is 318 g/mol. The van der Waals surface area contributed by atoms with Crippen LogP contribution in [0.4, 0.5) is 0 Å². The summed E-state index contributed by atoms with van der Waals surface area (Å²) in [6.07, 6.45) is 5.46. The van der Waals surface area contributed by atoms with Gasteiger partial charge in [0.05, 0.1) is 6.10 Å². The number of carbonyl (C=O) groups is 1. The van der Waals surface area contributed by atoms with Gasteiger partial charge in [0.2, 0.25) is 5.91 Å². The Morgan fingerprint density at radius 2 is 2.05 bits per heavy atom. The molecule has 0 aromatic heterocycles. The lowest BCUT2D eigenvalue weighted by atomic mass is 9.78. The standard InChI is InChI=1S/C16H30N2O2.ClH/c1-16(2,3)15-12(6-5-9-20-15)11-18-14(19)10-13-7-4-8-17-13;/h12-13,15,17H,4-11H2,1-3H3,(H,18,19);1H. The first-order valence-electron chi connectivity index (χ1n) is 8.08. The summed E-state index contributed by atoms with van der Waals surface area (Å²) in [4.78, 5) is 12.0. The van der Waals surface area contributed by atoms with Crippen LogP contribution in [0.5, 0.6) is 0 Å². The minimum Gasteiger partial charge on any atom is -0.377 e. The number of amides is 1. The fraction of sp³-hybridized carbons (Fsp3) is 0.938. The highest BCUT2D eigenvalue weighted by Crippen LogP contribution is 2.33. The second-order valence-corrected chi connectivity index (χ2v) is 7.36. The molecule has 4 nitrogen and oxygen atoms in total. The first-order valence-corrected chi connectivity index (χ1v) is 8.08. The molecule has 124 valence electrons. The quantitative estimate of drug-likeness (QED) is 0.837. The van der Waals surface area contributed by atoms with Crippen molar-refractivity contribution in [2.45, 2.75) is 65.0 Å². The van der Waals surface area contributed by atoms with Gasteiger partial charge in [-0.3, -0.25) is 4.79 Å². The van der Waals surface area contributed by atoms with Crippen molar-refractivity contribution in [1.29, 1.82) is 0 Å². The van der Waals surface area contributed by atoms with Crippen molar-refractivity contribution >= 4 is 18.3 Å². The van der Waals surface area contributed by atoms with Crippen molar-refractivity contribution in [3.63, 3.8) is 0 Å². The first kappa shape index (κ1) is 18.7. The Morgan fingerprint density at radius 1 is 1.29 bits per heavy atom. The summed E-state index contributed by atoms with van der Waals surface area (Å²) >= 11 is 0. The molecule has 3 unspecified atom stereocenters. The summed E-state index contributed by atoms with van der Waals surface area (Å²) in [5, 5.41) is 6.50. The topological polar surface area (TPSA) is 50.4 Å². The molecular formula is C16H31ClN2O2. The molecule has 0 bridgehead atoms. The van der Waals surface area contributed by atoms with Gasteiger partial charge in [-0.05, 0) is 37.6 Å². The van der Waals surface area contributed by atoms with Crippen LogP contribution >= 0.6 is 12.4 Å². The predicted octanol–water partition coefficient (Wildman–Crippen LogP) is 2.51. The largest absolute Gasteiger partial charge is 0.377 e. The third-order valence-corrected chi connectivity index (χ3v) is 4.45. The molecule has 2 saturated heterocycles. The average Bonchev–Trinajstić information content (AvgIpc) is 2.88. The third kappa shape index (κ3) is 5.76. The lowest BCUT2D eigenvalue weighted by Crippen LogP contribution is -2.45.